The van der Waals surface area contributed by atoms with Crippen LogP contribution in [0.1, 0.15) is 37.4 Å². The highest BCUT2D eigenvalue weighted by atomic mass is 15.5. The Hall–Kier alpha value is -2.18. The molecule has 2 aromatic rings. The van der Waals surface area contributed by atoms with Crippen molar-refractivity contribution in [3.05, 3.63) is 24.2 Å². The van der Waals surface area contributed by atoms with Crippen LogP contribution in [0.2, 0.25) is 0 Å². The molecule has 7 nitrogen and oxygen atoms in total. The molecule has 1 saturated heterocycles. The predicted molar refractivity (Wildman–Crippen MR) is 80.9 cm³/mol. The normalized spacial score (nSPS) is 17.5. The fourth-order valence-electron chi connectivity index (χ4n) is 2.97. The van der Waals surface area contributed by atoms with E-state index in [0.717, 1.165) is 50.4 Å². The van der Waals surface area contributed by atoms with Gasteiger partial charge in [0.2, 0.25) is 0 Å². The number of hydrogen-bond acceptors (Lipinski definition) is 6. The van der Waals surface area contributed by atoms with E-state index in [1.54, 1.807) is 10.9 Å². The van der Waals surface area contributed by atoms with Crippen LogP contribution in [-0.4, -0.2) is 38.3 Å². The van der Waals surface area contributed by atoms with E-state index >= 15 is 0 Å². The van der Waals surface area contributed by atoms with Crippen molar-refractivity contribution >= 4 is 11.5 Å². The molecule has 0 atom stereocenters. The zero-order chi connectivity index (χ0) is 14.7. The number of nitrogens with two attached hydrogens (primary N) is 1. The molecule has 112 valence electrons. The second-order valence-electron chi connectivity index (χ2n) is 5.58. The van der Waals surface area contributed by atoms with Crippen LogP contribution in [0.4, 0.5) is 11.5 Å². The van der Waals surface area contributed by atoms with Crippen LogP contribution in [-0.2, 0) is 7.05 Å². The minimum Gasteiger partial charge on any atom is -0.397 e. The lowest BCUT2D eigenvalue weighted by atomic mass is 9.94. The van der Waals surface area contributed by atoms with Crippen molar-refractivity contribution in [1.29, 1.82) is 0 Å². The van der Waals surface area contributed by atoms with Gasteiger partial charge in [0.05, 0.1) is 11.9 Å². The average Bonchev–Trinajstić information content (AvgIpc) is 2.86. The molecule has 0 amide bonds. The van der Waals surface area contributed by atoms with Gasteiger partial charge in [-0.3, -0.25) is 0 Å². The molecule has 0 aromatic carbocycles. The van der Waals surface area contributed by atoms with Gasteiger partial charge in [0.25, 0.3) is 0 Å². The maximum atomic E-state index is 5.70. The molecule has 3 heterocycles. The number of anilines is 2. The number of tetrazole rings is 1. The third-order valence-corrected chi connectivity index (χ3v) is 4.07. The maximum absolute atomic E-state index is 5.70. The fourth-order valence-corrected chi connectivity index (χ4v) is 2.97. The number of nitrogens with zero attached hydrogens (tertiary/aromatic N) is 6. The molecular formula is C14H21N7. The number of pyridine rings is 1. The van der Waals surface area contributed by atoms with Crippen LogP contribution in [0, 0.1) is 0 Å². The first-order valence-electron chi connectivity index (χ1n) is 7.43. The lowest BCUT2D eigenvalue weighted by Gasteiger charge is -2.28. The molecule has 0 bridgehead atoms. The van der Waals surface area contributed by atoms with Gasteiger partial charge in [-0.2, -0.15) is 0 Å². The van der Waals surface area contributed by atoms with Crippen molar-refractivity contribution in [2.45, 2.75) is 31.6 Å². The first-order chi connectivity index (χ1) is 10.2. The number of aryl methyl sites for hydroxylation is 1. The van der Waals surface area contributed by atoms with Gasteiger partial charge >= 0.3 is 0 Å². The zero-order valence-corrected chi connectivity index (χ0v) is 12.3. The summed E-state index contributed by atoms with van der Waals surface area (Å²) in [4.78, 5) is 6.76. The summed E-state index contributed by atoms with van der Waals surface area (Å²) in [5.41, 5.74) is 6.41. The summed E-state index contributed by atoms with van der Waals surface area (Å²) < 4.78 is 1.80. The Labute approximate surface area is 124 Å². The summed E-state index contributed by atoms with van der Waals surface area (Å²) in [5.74, 6) is 2.49. The van der Waals surface area contributed by atoms with E-state index in [2.05, 4.69) is 25.4 Å². The number of aromatic nitrogens is 5. The SMILES string of the molecule is Cn1nnnc1C1CCCN(c2ccc(N)cn2)CCC1. The van der Waals surface area contributed by atoms with Crippen molar-refractivity contribution in [2.24, 2.45) is 7.05 Å². The van der Waals surface area contributed by atoms with E-state index in [1.807, 2.05) is 19.2 Å². The predicted octanol–water partition coefficient (Wildman–Crippen LogP) is 1.35. The van der Waals surface area contributed by atoms with Crippen molar-refractivity contribution in [3.63, 3.8) is 0 Å². The van der Waals surface area contributed by atoms with Crippen LogP contribution in [0.15, 0.2) is 18.3 Å². The van der Waals surface area contributed by atoms with Crippen molar-refractivity contribution in [1.82, 2.24) is 25.2 Å². The first kappa shape index (κ1) is 13.8. The minimum absolute atomic E-state index is 0.464. The van der Waals surface area contributed by atoms with Gasteiger partial charge in [-0.05, 0) is 48.2 Å². The number of rotatable bonds is 2. The largest absolute Gasteiger partial charge is 0.397 e. The Morgan fingerprint density at radius 2 is 1.95 bits per heavy atom. The average molecular weight is 287 g/mol. The second kappa shape index (κ2) is 6.07. The van der Waals surface area contributed by atoms with E-state index in [1.165, 1.54) is 0 Å². The standard InChI is InChI=1S/C14H21N7/c1-20-14(17-18-19-20)11-4-2-8-21(9-3-5-11)13-7-6-12(15)10-16-13/h6-7,10-11H,2-5,8-9,15H2,1H3. The molecule has 0 aliphatic carbocycles. The molecule has 3 rings (SSSR count). The highest BCUT2D eigenvalue weighted by molar-refractivity contribution is 5.45. The summed E-state index contributed by atoms with van der Waals surface area (Å²) in [6, 6.07) is 3.91. The molecule has 0 spiro atoms. The van der Waals surface area contributed by atoms with Gasteiger partial charge in [-0.1, -0.05) is 0 Å². The highest BCUT2D eigenvalue weighted by Crippen LogP contribution is 2.27. The summed E-state index contributed by atoms with van der Waals surface area (Å²) in [7, 11) is 1.92. The quantitative estimate of drug-likeness (QED) is 0.897. The Morgan fingerprint density at radius 1 is 1.19 bits per heavy atom. The molecule has 0 radical (unpaired) electrons. The van der Waals surface area contributed by atoms with Gasteiger partial charge in [-0.15, -0.1) is 5.10 Å². The molecule has 2 aromatic heterocycles. The smallest absolute Gasteiger partial charge is 0.153 e. The van der Waals surface area contributed by atoms with Crippen LogP contribution >= 0.6 is 0 Å². The Kier molecular flexibility index (Phi) is 3.98. The Bertz CT molecular complexity index is 567. The van der Waals surface area contributed by atoms with Crippen molar-refractivity contribution < 1.29 is 0 Å². The van der Waals surface area contributed by atoms with Crippen LogP contribution in [0.5, 0.6) is 0 Å². The third kappa shape index (κ3) is 3.12. The molecule has 0 saturated carbocycles. The topological polar surface area (TPSA) is 85.8 Å². The van der Waals surface area contributed by atoms with E-state index in [9.17, 15) is 0 Å². The summed E-state index contributed by atoms with van der Waals surface area (Å²) in [5, 5.41) is 11.9. The molecule has 1 fully saturated rings. The Morgan fingerprint density at radius 3 is 2.52 bits per heavy atom. The second-order valence-corrected chi connectivity index (χ2v) is 5.58. The van der Waals surface area contributed by atoms with Gasteiger partial charge in [0.1, 0.15) is 5.82 Å². The molecule has 2 N–H and O–H groups in total. The fraction of sp³-hybridized carbons (Fsp3) is 0.571. The summed E-state index contributed by atoms with van der Waals surface area (Å²) >= 11 is 0. The van der Waals surface area contributed by atoms with Crippen LogP contribution < -0.4 is 10.6 Å². The molecule has 7 heteroatoms. The summed E-state index contributed by atoms with van der Waals surface area (Å²) in [6.45, 7) is 2.03. The molecular weight excluding hydrogens is 266 g/mol. The number of hydrogen-bond donors (Lipinski definition) is 1. The van der Waals surface area contributed by atoms with Gasteiger partial charge in [-0.25, -0.2) is 9.67 Å². The lowest BCUT2D eigenvalue weighted by molar-refractivity contribution is 0.461. The number of nitrogen functional groups attached to an aromatic ring is 1. The Balaban J connectivity index is 1.64. The first-order valence-corrected chi connectivity index (χ1v) is 7.43. The summed E-state index contributed by atoms with van der Waals surface area (Å²) in [6.07, 6.45) is 6.18. The van der Waals surface area contributed by atoms with Crippen LogP contribution in [0.3, 0.4) is 0 Å². The van der Waals surface area contributed by atoms with Gasteiger partial charge in [0, 0.05) is 26.1 Å². The molecule has 21 heavy (non-hydrogen) atoms. The van der Waals surface area contributed by atoms with Crippen LogP contribution in [0.25, 0.3) is 0 Å². The van der Waals surface area contributed by atoms with Gasteiger partial charge < -0.3 is 10.6 Å². The van der Waals surface area contributed by atoms with E-state index < -0.39 is 0 Å². The maximum Gasteiger partial charge on any atom is 0.153 e. The van der Waals surface area contributed by atoms with E-state index in [4.69, 9.17) is 5.73 Å². The van der Waals surface area contributed by atoms with E-state index in [-0.39, 0.29) is 0 Å². The molecule has 0 unspecified atom stereocenters. The minimum atomic E-state index is 0.464. The van der Waals surface area contributed by atoms with Gasteiger partial charge in [0.15, 0.2) is 5.82 Å². The monoisotopic (exact) mass is 287 g/mol. The third-order valence-electron chi connectivity index (χ3n) is 4.07. The molecule has 1 aliphatic rings. The highest BCUT2D eigenvalue weighted by Gasteiger charge is 2.21. The zero-order valence-electron chi connectivity index (χ0n) is 12.3. The molecule has 1 aliphatic heterocycles. The lowest BCUT2D eigenvalue weighted by Crippen LogP contribution is -2.29. The van der Waals surface area contributed by atoms with Crippen molar-refractivity contribution in [3.8, 4) is 0 Å². The van der Waals surface area contributed by atoms with Crippen molar-refractivity contribution in [2.75, 3.05) is 23.7 Å². The van der Waals surface area contributed by atoms with E-state index in [0.29, 0.717) is 11.6 Å².